The average molecular weight is 240 g/mol. The van der Waals surface area contributed by atoms with E-state index in [-0.39, 0.29) is 11.1 Å². The molecule has 0 aliphatic carbocycles. The van der Waals surface area contributed by atoms with E-state index in [2.05, 4.69) is 0 Å². The van der Waals surface area contributed by atoms with Gasteiger partial charge in [0.1, 0.15) is 11.9 Å². The monoisotopic (exact) mass is 240 g/mol. The molecule has 90 valence electrons. The molecule has 0 bridgehead atoms. The van der Waals surface area contributed by atoms with Gasteiger partial charge in [-0.25, -0.2) is 4.39 Å². The van der Waals surface area contributed by atoms with E-state index in [4.69, 9.17) is 10.4 Å². The summed E-state index contributed by atoms with van der Waals surface area (Å²) in [7, 11) is 0. The summed E-state index contributed by atoms with van der Waals surface area (Å²) in [5.74, 6) is -0.915. The van der Waals surface area contributed by atoms with Crippen LogP contribution >= 0.6 is 0 Å². The predicted octanol–water partition coefficient (Wildman–Crippen LogP) is 0.960. The number of halogens is 1. The molecule has 0 spiro atoms. The Balaban J connectivity index is 3.35. The van der Waals surface area contributed by atoms with Crippen molar-refractivity contribution in [3.8, 4) is 6.07 Å². The van der Waals surface area contributed by atoms with E-state index < -0.39 is 28.6 Å². The molecule has 0 saturated heterocycles. The maximum Gasteiger partial charge on any atom is 0.275 e. The highest BCUT2D eigenvalue weighted by atomic mass is 19.1. The van der Waals surface area contributed by atoms with Crippen molar-refractivity contribution in [2.45, 2.75) is 19.1 Å². The van der Waals surface area contributed by atoms with Gasteiger partial charge in [0.15, 0.2) is 6.10 Å². The van der Waals surface area contributed by atoms with Crippen LogP contribution in [-0.4, -0.2) is 21.2 Å². The Morgan fingerprint density at radius 1 is 1.53 bits per heavy atom. The van der Waals surface area contributed by atoms with Crippen LogP contribution in [0.25, 0.3) is 0 Å². The van der Waals surface area contributed by atoms with Crippen molar-refractivity contribution in [1.82, 2.24) is 0 Å². The number of nitro groups is 1. The third-order valence-corrected chi connectivity index (χ3v) is 2.33. The number of aliphatic hydroxyl groups excluding tert-OH is 2. The van der Waals surface area contributed by atoms with Gasteiger partial charge >= 0.3 is 0 Å². The lowest BCUT2D eigenvalue weighted by Crippen LogP contribution is -2.17. The Hall–Kier alpha value is -2.04. The molecule has 1 rings (SSSR count). The molecule has 6 nitrogen and oxygen atoms in total. The van der Waals surface area contributed by atoms with Gasteiger partial charge in [0.2, 0.25) is 0 Å². The second kappa shape index (κ2) is 4.86. The molecule has 7 heteroatoms. The van der Waals surface area contributed by atoms with Gasteiger partial charge in [0, 0.05) is 5.56 Å². The molecule has 0 radical (unpaired) electrons. The van der Waals surface area contributed by atoms with E-state index in [0.717, 1.165) is 6.07 Å². The minimum atomic E-state index is -1.77. The Kier molecular flexibility index (Phi) is 3.73. The van der Waals surface area contributed by atoms with Crippen LogP contribution in [-0.2, 0) is 0 Å². The topological polar surface area (TPSA) is 107 Å². The molecule has 17 heavy (non-hydrogen) atoms. The lowest BCUT2D eigenvalue weighted by atomic mass is 9.98. The second-order valence-electron chi connectivity index (χ2n) is 3.42. The van der Waals surface area contributed by atoms with E-state index in [1.807, 2.05) is 0 Å². The largest absolute Gasteiger partial charge is 0.385 e. The molecule has 0 saturated carbocycles. The third-order valence-electron chi connectivity index (χ3n) is 2.33. The number of nitriles is 1. The number of hydrogen-bond acceptors (Lipinski definition) is 5. The van der Waals surface area contributed by atoms with Gasteiger partial charge < -0.3 is 10.2 Å². The molecule has 1 aromatic rings. The molecule has 2 N–H and O–H groups in total. The van der Waals surface area contributed by atoms with Crippen LogP contribution in [0.5, 0.6) is 0 Å². The summed E-state index contributed by atoms with van der Waals surface area (Å²) in [6.45, 7) is 1.31. The van der Waals surface area contributed by atoms with Gasteiger partial charge in [-0.15, -0.1) is 0 Å². The average Bonchev–Trinajstić information content (AvgIpc) is 2.29. The first-order valence-corrected chi connectivity index (χ1v) is 4.58. The number of rotatable bonds is 3. The Morgan fingerprint density at radius 2 is 2.12 bits per heavy atom. The van der Waals surface area contributed by atoms with Gasteiger partial charge in [0.25, 0.3) is 5.69 Å². The highest BCUT2D eigenvalue weighted by Gasteiger charge is 2.25. The normalized spacial score (nSPS) is 13.8. The van der Waals surface area contributed by atoms with Gasteiger partial charge in [0.05, 0.1) is 17.1 Å². The Bertz CT molecular complexity index is 498. The molecule has 2 atom stereocenters. The van der Waals surface area contributed by atoms with Crippen LogP contribution in [0, 0.1) is 34.2 Å². The zero-order chi connectivity index (χ0) is 13.2. The van der Waals surface area contributed by atoms with E-state index in [1.54, 1.807) is 0 Å². The van der Waals surface area contributed by atoms with Crippen LogP contribution in [0.15, 0.2) is 12.1 Å². The lowest BCUT2D eigenvalue weighted by Gasteiger charge is -2.14. The molecule has 0 aromatic heterocycles. The number of benzene rings is 1. The van der Waals surface area contributed by atoms with E-state index in [0.29, 0.717) is 6.07 Å². The maximum absolute atomic E-state index is 13.1. The zero-order valence-corrected chi connectivity index (χ0v) is 8.79. The number of nitro benzene ring substituents is 1. The minimum Gasteiger partial charge on any atom is -0.385 e. The first kappa shape index (κ1) is 13.0. The van der Waals surface area contributed by atoms with Crippen LogP contribution in [0.1, 0.15) is 17.2 Å². The number of hydrogen-bond donors (Lipinski definition) is 2. The minimum absolute atomic E-state index is 0.0122. The van der Waals surface area contributed by atoms with Crippen LogP contribution in [0.4, 0.5) is 10.1 Å². The van der Waals surface area contributed by atoms with Gasteiger partial charge in [-0.2, -0.15) is 5.26 Å². The van der Waals surface area contributed by atoms with Crippen molar-refractivity contribution >= 4 is 5.69 Å². The van der Waals surface area contributed by atoms with Gasteiger partial charge in [-0.05, 0) is 18.6 Å². The second-order valence-corrected chi connectivity index (χ2v) is 3.42. The highest BCUT2D eigenvalue weighted by molar-refractivity contribution is 5.46. The van der Waals surface area contributed by atoms with Crippen molar-refractivity contribution in [3.05, 3.63) is 39.2 Å². The fraction of sp³-hybridized carbons (Fsp3) is 0.300. The smallest absolute Gasteiger partial charge is 0.275 e. The molecule has 0 aliphatic heterocycles. The summed E-state index contributed by atoms with van der Waals surface area (Å²) < 4.78 is 13.1. The molecule has 0 fully saturated rings. The molecular formula is C10H9FN2O4. The molecule has 0 heterocycles. The summed E-state index contributed by atoms with van der Waals surface area (Å²) in [4.78, 5) is 9.82. The predicted molar refractivity (Wildman–Crippen MR) is 54.4 cm³/mol. The van der Waals surface area contributed by atoms with Gasteiger partial charge in [-0.1, -0.05) is 0 Å². The number of aliphatic hydroxyl groups is 2. The lowest BCUT2D eigenvalue weighted by molar-refractivity contribution is -0.385. The van der Waals surface area contributed by atoms with Crippen molar-refractivity contribution in [2.24, 2.45) is 0 Å². The first-order valence-electron chi connectivity index (χ1n) is 4.58. The third kappa shape index (κ3) is 2.55. The summed E-state index contributed by atoms with van der Waals surface area (Å²) in [6, 6.07) is 2.94. The SMILES string of the molecule is Cc1c(C(O)C(O)C#N)cc(F)cc1[N+](=O)[O-]. The summed E-state index contributed by atoms with van der Waals surface area (Å²) in [6.07, 6.45) is -3.45. The molecule has 0 amide bonds. The van der Waals surface area contributed by atoms with Crippen molar-refractivity contribution in [2.75, 3.05) is 0 Å². The zero-order valence-electron chi connectivity index (χ0n) is 8.79. The van der Waals surface area contributed by atoms with Crippen LogP contribution in [0.3, 0.4) is 0 Å². The van der Waals surface area contributed by atoms with Crippen molar-refractivity contribution < 1.29 is 19.5 Å². The summed E-state index contributed by atoms with van der Waals surface area (Å²) in [5, 5.41) is 37.7. The molecular weight excluding hydrogens is 231 g/mol. The first-order chi connectivity index (χ1) is 7.88. The Labute approximate surface area is 95.7 Å². The van der Waals surface area contributed by atoms with Crippen molar-refractivity contribution in [1.29, 1.82) is 5.26 Å². The highest BCUT2D eigenvalue weighted by Crippen LogP contribution is 2.29. The van der Waals surface area contributed by atoms with E-state index in [1.165, 1.54) is 13.0 Å². The van der Waals surface area contributed by atoms with Crippen LogP contribution < -0.4 is 0 Å². The van der Waals surface area contributed by atoms with E-state index >= 15 is 0 Å². The fourth-order valence-corrected chi connectivity index (χ4v) is 1.42. The summed E-state index contributed by atoms with van der Waals surface area (Å²) in [5.41, 5.74) is -0.673. The van der Waals surface area contributed by atoms with Crippen molar-refractivity contribution in [3.63, 3.8) is 0 Å². The summed E-state index contributed by atoms with van der Waals surface area (Å²) >= 11 is 0. The van der Waals surface area contributed by atoms with Gasteiger partial charge in [-0.3, -0.25) is 10.1 Å². The molecule has 2 unspecified atom stereocenters. The maximum atomic E-state index is 13.1. The standard InChI is InChI=1S/C10H9FN2O4/c1-5-7(10(15)9(14)4-12)2-6(11)3-8(5)13(16)17/h2-3,9-10,14-15H,1H3. The quantitative estimate of drug-likeness (QED) is 0.464. The molecule has 1 aromatic carbocycles. The van der Waals surface area contributed by atoms with E-state index in [9.17, 15) is 19.6 Å². The molecule has 0 aliphatic rings. The Morgan fingerprint density at radius 3 is 2.59 bits per heavy atom. The fourth-order valence-electron chi connectivity index (χ4n) is 1.42. The van der Waals surface area contributed by atoms with Crippen LogP contribution in [0.2, 0.25) is 0 Å². The number of nitrogens with zero attached hydrogens (tertiary/aromatic N) is 2.